The standard InChI is InChI=1S/C21H14Cl2N4O/c22-18-9-8-15(11-19(18)23)25-21(28)17-13-27(16-6-2-1-3-7-16)26-20(17)14-5-4-10-24-12-14/h1-13H,(H,25,28). The van der Waals surface area contributed by atoms with Crippen LogP contribution in [0, 0.1) is 0 Å². The first-order chi connectivity index (χ1) is 13.6. The van der Waals surface area contributed by atoms with Crippen LogP contribution in [0.4, 0.5) is 5.69 Å². The molecule has 0 radical (unpaired) electrons. The van der Waals surface area contributed by atoms with Gasteiger partial charge in [-0.3, -0.25) is 9.78 Å². The summed E-state index contributed by atoms with van der Waals surface area (Å²) in [6.07, 6.45) is 5.05. The first-order valence-electron chi connectivity index (χ1n) is 8.44. The van der Waals surface area contributed by atoms with Crippen LogP contribution in [0.5, 0.6) is 0 Å². The fourth-order valence-electron chi connectivity index (χ4n) is 2.74. The molecular formula is C21H14Cl2N4O. The second-order valence-corrected chi connectivity index (χ2v) is 6.81. The lowest BCUT2D eigenvalue weighted by Gasteiger charge is -2.06. The van der Waals surface area contributed by atoms with Gasteiger partial charge in [0.25, 0.3) is 5.91 Å². The van der Waals surface area contributed by atoms with Crippen LogP contribution in [-0.2, 0) is 0 Å². The summed E-state index contributed by atoms with van der Waals surface area (Å²) >= 11 is 12.0. The number of halogens is 2. The minimum absolute atomic E-state index is 0.306. The third kappa shape index (κ3) is 3.76. The molecule has 0 aliphatic heterocycles. The molecule has 4 rings (SSSR count). The van der Waals surface area contributed by atoms with Crippen molar-refractivity contribution in [3.8, 4) is 16.9 Å². The minimum Gasteiger partial charge on any atom is -0.322 e. The van der Waals surface area contributed by atoms with Crippen molar-refractivity contribution in [2.45, 2.75) is 0 Å². The minimum atomic E-state index is -0.306. The van der Waals surface area contributed by atoms with Crippen LogP contribution in [0.3, 0.4) is 0 Å². The summed E-state index contributed by atoms with van der Waals surface area (Å²) in [5.74, 6) is -0.306. The topological polar surface area (TPSA) is 59.8 Å². The number of amides is 1. The molecule has 1 N–H and O–H groups in total. The van der Waals surface area contributed by atoms with E-state index < -0.39 is 0 Å². The summed E-state index contributed by atoms with van der Waals surface area (Å²) in [5.41, 5.74) is 3.10. The molecule has 0 aliphatic rings. The molecule has 2 aromatic heterocycles. The van der Waals surface area contributed by atoms with E-state index in [0.717, 1.165) is 11.3 Å². The summed E-state index contributed by atoms with van der Waals surface area (Å²) in [5, 5.41) is 8.25. The van der Waals surface area contributed by atoms with Crippen LogP contribution in [-0.4, -0.2) is 20.7 Å². The van der Waals surface area contributed by atoms with Crippen LogP contribution in [0.25, 0.3) is 16.9 Å². The van der Waals surface area contributed by atoms with Crippen molar-refractivity contribution in [2.24, 2.45) is 0 Å². The van der Waals surface area contributed by atoms with Crippen LogP contribution in [0.2, 0.25) is 10.0 Å². The number of nitrogens with one attached hydrogen (secondary N) is 1. The second-order valence-electron chi connectivity index (χ2n) is 6.00. The molecule has 28 heavy (non-hydrogen) atoms. The van der Waals surface area contributed by atoms with E-state index in [4.69, 9.17) is 23.2 Å². The zero-order valence-corrected chi connectivity index (χ0v) is 16.0. The Morgan fingerprint density at radius 2 is 1.79 bits per heavy atom. The second kappa shape index (κ2) is 7.84. The van der Waals surface area contributed by atoms with Crippen LogP contribution < -0.4 is 5.32 Å². The van der Waals surface area contributed by atoms with Crippen LogP contribution >= 0.6 is 23.2 Å². The first kappa shape index (κ1) is 18.2. The van der Waals surface area contributed by atoms with Gasteiger partial charge in [0.05, 0.1) is 21.3 Å². The van der Waals surface area contributed by atoms with Gasteiger partial charge in [-0.05, 0) is 42.5 Å². The highest BCUT2D eigenvalue weighted by Crippen LogP contribution is 2.27. The molecule has 2 aromatic carbocycles. The Labute approximate surface area is 171 Å². The Kier molecular flexibility index (Phi) is 5.10. The van der Waals surface area contributed by atoms with Gasteiger partial charge in [0.2, 0.25) is 0 Å². The Balaban J connectivity index is 1.75. The van der Waals surface area contributed by atoms with Crippen molar-refractivity contribution in [3.63, 3.8) is 0 Å². The first-order valence-corrected chi connectivity index (χ1v) is 9.19. The highest BCUT2D eigenvalue weighted by molar-refractivity contribution is 6.42. The Morgan fingerprint density at radius 1 is 0.964 bits per heavy atom. The molecule has 0 saturated heterocycles. The van der Waals surface area contributed by atoms with E-state index in [1.807, 2.05) is 36.4 Å². The Hall–Kier alpha value is -3.15. The smallest absolute Gasteiger partial charge is 0.259 e. The van der Waals surface area contributed by atoms with Gasteiger partial charge < -0.3 is 5.32 Å². The van der Waals surface area contributed by atoms with Gasteiger partial charge in [-0.25, -0.2) is 4.68 Å². The average Bonchev–Trinajstić information content (AvgIpc) is 3.18. The average molecular weight is 409 g/mol. The molecule has 0 unspecified atom stereocenters. The van der Waals surface area contributed by atoms with E-state index in [2.05, 4.69) is 15.4 Å². The maximum atomic E-state index is 13.0. The molecule has 0 aliphatic carbocycles. The Bertz CT molecular complexity index is 1130. The third-order valence-corrected chi connectivity index (χ3v) is 4.83. The van der Waals surface area contributed by atoms with Gasteiger partial charge in [-0.2, -0.15) is 5.10 Å². The largest absolute Gasteiger partial charge is 0.322 e. The van der Waals surface area contributed by atoms with Gasteiger partial charge in [0.15, 0.2) is 0 Å². The van der Waals surface area contributed by atoms with Gasteiger partial charge in [0.1, 0.15) is 5.69 Å². The zero-order valence-electron chi connectivity index (χ0n) is 14.5. The maximum Gasteiger partial charge on any atom is 0.259 e. The van der Waals surface area contributed by atoms with E-state index >= 15 is 0 Å². The number of pyridine rings is 1. The van der Waals surface area contributed by atoms with Crippen LogP contribution in [0.1, 0.15) is 10.4 Å². The van der Waals surface area contributed by atoms with E-state index in [1.54, 1.807) is 47.5 Å². The number of hydrogen-bond donors (Lipinski definition) is 1. The fraction of sp³-hybridized carbons (Fsp3) is 0. The van der Waals surface area contributed by atoms with Gasteiger partial charge in [-0.15, -0.1) is 0 Å². The molecule has 0 bridgehead atoms. The van der Waals surface area contributed by atoms with Crippen molar-refractivity contribution in [2.75, 3.05) is 5.32 Å². The number of nitrogens with zero attached hydrogens (tertiary/aromatic N) is 3. The van der Waals surface area contributed by atoms with Gasteiger partial charge in [0, 0.05) is 29.8 Å². The van der Waals surface area contributed by atoms with Crippen molar-refractivity contribution >= 4 is 34.8 Å². The highest BCUT2D eigenvalue weighted by Gasteiger charge is 2.19. The quantitative estimate of drug-likeness (QED) is 0.485. The highest BCUT2D eigenvalue weighted by atomic mass is 35.5. The van der Waals surface area contributed by atoms with E-state index in [1.165, 1.54) is 0 Å². The monoisotopic (exact) mass is 408 g/mol. The number of carbonyl (C=O) groups is 1. The Morgan fingerprint density at radius 3 is 2.50 bits per heavy atom. The van der Waals surface area contributed by atoms with E-state index in [0.29, 0.717) is 27.0 Å². The molecule has 5 nitrogen and oxygen atoms in total. The summed E-state index contributed by atoms with van der Waals surface area (Å²) in [6.45, 7) is 0. The lowest BCUT2D eigenvalue weighted by atomic mass is 10.1. The number of hydrogen-bond acceptors (Lipinski definition) is 3. The van der Waals surface area contributed by atoms with E-state index in [-0.39, 0.29) is 5.91 Å². The molecule has 2 heterocycles. The molecule has 0 saturated carbocycles. The number of anilines is 1. The molecular weight excluding hydrogens is 395 g/mol. The lowest BCUT2D eigenvalue weighted by Crippen LogP contribution is -2.12. The molecule has 0 fully saturated rings. The molecule has 138 valence electrons. The predicted molar refractivity (Wildman–Crippen MR) is 111 cm³/mol. The summed E-state index contributed by atoms with van der Waals surface area (Å²) in [7, 11) is 0. The van der Waals surface area contributed by atoms with Crippen molar-refractivity contribution < 1.29 is 4.79 Å². The van der Waals surface area contributed by atoms with Crippen molar-refractivity contribution in [3.05, 3.63) is 94.9 Å². The number of benzene rings is 2. The molecule has 7 heteroatoms. The molecule has 1 amide bonds. The summed E-state index contributed by atoms with van der Waals surface area (Å²) in [6, 6.07) is 18.2. The lowest BCUT2D eigenvalue weighted by molar-refractivity contribution is 0.102. The number of para-hydroxylation sites is 1. The van der Waals surface area contributed by atoms with E-state index in [9.17, 15) is 4.79 Å². The maximum absolute atomic E-state index is 13.0. The zero-order chi connectivity index (χ0) is 19.5. The fourth-order valence-corrected chi connectivity index (χ4v) is 3.04. The number of rotatable bonds is 4. The summed E-state index contributed by atoms with van der Waals surface area (Å²) in [4.78, 5) is 17.1. The number of aromatic nitrogens is 3. The number of carbonyl (C=O) groups excluding carboxylic acids is 1. The van der Waals surface area contributed by atoms with Crippen LogP contribution in [0.15, 0.2) is 79.3 Å². The third-order valence-electron chi connectivity index (χ3n) is 4.09. The SMILES string of the molecule is O=C(Nc1ccc(Cl)c(Cl)c1)c1cn(-c2ccccc2)nc1-c1cccnc1. The van der Waals surface area contributed by atoms with Crippen molar-refractivity contribution in [1.82, 2.24) is 14.8 Å². The summed E-state index contributed by atoms with van der Waals surface area (Å²) < 4.78 is 1.67. The molecule has 0 spiro atoms. The van der Waals surface area contributed by atoms with Gasteiger partial charge in [-0.1, -0.05) is 41.4 Å². The van der Waals surface area contributed by atoms with Crippen molar-refractivity contribution in [1.29, 1.82) is 0 Å². The van der Waals surface area contributed by atoms with Gasteiger partial charge >= 0.3 is 0 Å². The normalized spacial score (nSPS) is 10.6. The predicted octanol–water partition coefficient (Wildman–Crippen LogP) is 5.49. The molecule has 4 aromatic rings. The molecule has 0 atom stereocenters.